The lowest BCUT2D eigenvalue weighted by Gasteiger charge is -2.28. The van der Waals surface area contributed by atoms with E-state index in [1.165, 1.54) is 37.8 Å². The molecular weight excluding hydrogens is 305 g/mol. The smallest absolute Gasteiger partial charge is 0.386 e. The topological polar surface area (TPSA) is 9.23 Å². The molecule has 1 aliphatic carbocycles. The molecule has 1 aromatic carbocycles. The lowest BCUT2D eigenvalue weighted by molar-refractivity contribution is -0.137. The summed E-state index contributed by atoms with van der Waals surface area (Å²) in [6, 6.07) is 5.62. The first kappa shape index (κ1) is 17.5. The van der Waals surface area contributed by atoms with Crippen molar-refractivity contribution < 1.29 is 17.9 Å². The second-order valence-electron chi connectivity index (χ2n) is 6.28. The lowest BCUT2D eigenvalue weighted by atomic mass is 9.80. The van der Waals surface area contributed by atoms with Crippen LogP contribution >= 0.6 is 0 Å². The van der Waals surface area contributed by atoms with Crippen molar-refractivity contribution in [2.24, 2.45) is 11.8 Å². The van der Waals surface area contributed by atoms with Gasteiger partial charge < -0.3 is 4.74 Å². The minimum absolute atomic E-state index is 0.559. The number of halogens is 3. The predicted molar refractivity (Wildman–Crippen MR) is 86.0 cm³/mol. The van der Waals surface area contributed by atoms with E-state index >= 15 is 0 Å². The zero-order valence-corrected chi connectivity index (χ0v) is 15.2. The fourth-order valence-corrected chi connectivity index (χ4v) is 3.44. The summed E-state index contributed by atoms with van der Waals surface area (Å²) in [4.78, 5) is 0. The molecule has 0 bridgehead atoms. The largest absolute Gasteiger partial charge is 0.416 e. The van der Waals surface area contributed by atoms with Crippen molar-refractivity contribution in [2.75, 3.05) is 12.8 Å². The summed E-state index contributed by atoms with van der Waals surface area (Å²) in [5.74, 6) is 1.44. The highest BCUT2D eigenvalue weighted by Gasteiger charge is 2.30. The summed E-state index contributed by atoms with van der Waals surface area (Å²) in [6.45, 7) is 0.912. The molecule has 0 unspecified atom stereocenters. The van der Waals surface area contributed by atoms with Gasteiger partial charge in [0.1, 0.15) is 0 Å². The van der Waals surface area contributed by atoms with E-state index in [0.29, 0.717) is 0 Å². The molecule has 0 aliphatic heterocycles. The molecule has 0 aromatic heterocycles. The summed E-state index contributed by atoms with van der Waals surface area (Å²) in [5.41, 5.74) is 0.449. The molecule has 1 saturated carbocycles. The number of hydrogen-bond acceptors (Lipinski definition) is 1. The molecule has 22 heavy (non-hydrogen) atoms. The molecule has 1 fully saturated rings. The van der Waals surface area contributed by atoms with Crippen molar-refractivity contribution in [3.8, 4) is 0 Å². The first-order valence-corrected chi connectivity index (χ1v) is 9.64. The van der Waals surface area contributed by atoms with Gasteiger partial charge in [0.25, 0.3) is 0 Å². The Morgan fingerprint density at radius 1 is 1.00 bits per heavy atom. The maximum absolute atomic E-state index is 12.5. The van der Waals surface area contributed by atoms with E-state index in [1.54, 1.807) is 12.1 Å². The van der Waals surface area contributed by atoms with Crippen LogP contribution in [0.1, 0.15) is 43.2 Å². The van der Waals surface area contributed by atoms with Crippen molar-refractivity contribution in [3.05, 3.63) is 35.4 Å². The minimum Gasteiger partial charge on any atom is -0.386 e. The third kappa shape index (κ3) is 5.43. The van der Waals surface area contributed by atoms with E-state index in [9.17, 15) is 13.2 Å². The summed E-state index contributed by atoms with van der Waals surface area (Å²) >= 11 is 0. The van der Waals surface area contributed by atoms with Gasteiger partial charge in [0.15, 0.2) is 0 Å². The van der Waals surface area contributed by atoms with E-state index in [-0.39, 0.29) is 0 Å². The first-order chi connectivity index (χ1) is 10.5. The Morgan fingerprint density at radius 3 is 2.14 bits per heavy atom. The van der Waals surface area contributed by atoms with Crippen molar-refractivity contribution in [3.63, 3.8) is 0 Å². The van der Waals surface area contributed by atoms with Crippen LogP contribution < -0.4 is 0 Å². The van der Waals surface area contributed by atoms with E-state index in [2.05, 4.69) is 0 Å². The highest BCUT2D eigenvalue weighted by Crippen LogP contribution is 2.32. The molecule has 1 aromatic rings. The Balaban J connectivity index is 1.73. The van der Waals surface area contributed by atoms with Crippen LogP contribution in [0.3, 0.4) is 0 Å². The van der Waals surface area contributed by atoms with Crippen LogP contribution in [0.25, 0.3) is 0 Å². The molecule has 2 rings (SSSR count). The van der Waals surface area contributed by atoms with Gasteiger partial charge in [0.05, 0.1) is 5.56 Å². The van der Waals surface area contributed by atoms with Gasteiger partial charge in [-0.25, -0.2) is 0 Å². The molecule has 1 nitrogen and oxygen atoms in total. The Morgan fingerprint density at radius 2 is 1.59 bits per heavy atom. The molecule has 0 atom stereocenters. The number of ether oxygens (including phenoxy) is 1. The van der Waals surface area contributed by atoms with Crippen LogP contribution in [-0.4, -0.2) is 23.1 Å². The average Bonchev–Trinajstić information content (AvgIpc) is 2.51. The molecule has 0 heterocycles. The Hall–Kier alpha value is -0.813. The summed E-state index contributed by atoms with van der Waals surface area (Å²) in [5, 5.41) is 0. The first-order valence-electron chi connectivity index (χ1n) is 8.23. The van der Waals surface area contributed by atoms with Crippen LogP contribution in [0.5, 0.6) is 0 Å². The summed E-state index contributed by atoms with van der Waals surface area (Å²) in [7, 11) is 1.11. The SMILES string of the molecule is FC(F)(F)c1ccc(CC[C@H]2CC[C@H](COC[SiH3])CC2)cc1. The molecule has 1 aliphatic rings. The molecule has 0 radical (unpaired) electrons. The quantitative estimate of drug-likeness (QED) is 0.721. The van der Waals surface area contributed by atoms with Gasteiger partial charge in [0.2, 0.25) is 0 Å². The number of rotatable bonds is 6. The van der Waals surface area contributed by atoms with Gasteiger partial charge in [-0.05, 0) is 55.2 Å². The van der Waals surface area contributed by atoms with Gasteiger partial charge in [-0.3, -0.25) is 0 Å². The summed E-state index contributed by atoms with van der Waals surface area (Å²) in [6.07, 6.45) is 3.59. The van der Waals surface area contributed by atoms with Crippen molar-refractivity contribution in [1.29, 1.82) is 0 Å². The van der Waals surface area contributed by atoms with Crippen LogP contribution in [-0.2, 0) is 17.3 Å². The Labute approximate surface area is 133 Å². The fraction of sp³-hybridized carbons (Fsp3) is 0.647. The molecule has 0 spiro atoms. The van der Waals surface area contributed by atoms with Gasteiger partial charge in [0, 0.05) is 23.1 Å². The van der Waals surface area contributed by atoms with E-state index in [4.69, 9.17) is 4.74 Å². The van der Waals surface area contributed by atoms with E-state index < -0.39 is 11.7 Å². The van der Waals surface area contributed by atoms with Gasteiger partial charge in [-0.15, -0.1) is 0 Å². The standard InChI is InChI=1S/C17H25F3OSi/c18-17(19,20)16-9-7-14(8-10-16)2-1-13-3-5-15(6-4-13)11-21-12-22/h7-10,13,15H,1-6,11-12H2,22H3/t13-,15-. The van der Waals surface area contributed by atoms with Crippen molar-refractivity contribution in [2.45, 2.75) is 44.7 Å². The molecule has 5 heteroatoms. The zero-order valence-electron chi connectivity index (χ0n) is 13.2. The highest BCUT2D eigenvalue weighted by atomic mass is 28.1. The average molecular weight is 330 g/mol. The highest BCUT2D eigenvalue weighted by molar-refractivity contribution is 6.08. The zero-order chi connectivity index (χ0) is 16.0. The van der Waals surface area contributed by atoms with Gasteiger partial charge in [-0.2, -0.15) is 13.2 Å². The minimum atomic E-state index is -4.24. The molecule has 0 amide bonds. The van der Waals surface area contributed by atoms with Crippen LogP contribution in [0.4, 0.5) is 13.2 Å². The molecule has 0 N–H and O–H groups in total. The maximum atomic E-state index is 12.5. The van der Waals surface area contributed by atoms with Crippen LogP contribution in [0.2, 0.25) is 0 Å². The predicted octanol–water partition coefficient (Wildman–Crippen LogP) is 3.78. The van der Waals surface area contributed by atoms with E-state index in [1.807, 2.05) is 0 Å². The number of aryl methyl sites for hydroxylation is 1. The van der Waals surface area contributed by atoms with E-state index in [0.717, 1.165) is 53.3 Å². The lowest BCUT2D eigenvalue weighted by Crippen LogP contribution is -2.19. The second-order valence-corrected chi connectivity index (χ2v) is 6.86. The number of alkyl halides is 3. The van der Waals surface area contributed by atoms with Crippen LogP contribution in [0.15, 0.2) is 24.3 Å². The molecular formula is C17H25F3OSi. The maximum Gasteiger partial charge on any atom is 0.416 e. The second kappa shape index (κ2) is 8.16. The van der Waals surface area contributed by atoms with Gasteiger partial charge in [-0.1, -0.05) is 25.0 Å². The third-order valence-corrected chi connectivity index (χ3v) is 5.05. The van der Waals surface area contributed by atoms with Gasteiger partial charge >= 0.3 is 6.18 Å². The molecule has 0 saturated heterocycles. The number of hydrogen-bond donors (Lipinski definition) is 0. The molecule has 124 valence electrons. The fourth-order valence-electron chi connectivity index (χ4n) is 3.20. The number of benzene rings is 1. The van der Waals surface area contributed by atoms with Crippen molar-refractivity contribution >= 4 is 10.2 Å². The monoisotopic (exact) mass is 330 g/mol. The van der Waals surface area contributed by atoms with Crippen molar-refractivity contribution in [1.82, 2.24) is 0 Å². The third-order valence-electron chi connectivity index (χ3n) is 4.65. The normalized spacial score (nSPS) is 22.9. The summed E-state index contributed by atoms with van der Waals surface area (Å²) < 4.78 is 43.1. The Bertz CT molecular complexity index is 436. The van der Waals surface area contributed by atoms with Crippen LogP contribution in [0, 0.1) is 11.8 Å². The Kier molecular flexibility index (Phi) is 6.50.